The first kappa shape index (κ1) is 36.7. The maximum Gasteiger partial charge on any atom is 1.00 e. The van der Waals surface area contributed by atoms with Gasteiger partial charge in [0.15, 0.2) is 6.29 Å². The molecule has 0 aliphatic carbocycles. The fraction of sp³-hybridized carbons (Fsp3) is 0.565. The maximum atomic E-state index is 13.1. The maximum absolute atomic E-state index is 13.1. The number of nitrogens with one attached hydrogen (secondary N) is 3. The average molecular weight is 592 g/mol. The van der Waals surface area contributed by atoms with E-state index in [2.05, 4.69) is 15.4 Å². The predicted octanol–water partition coefficient (Wildman–Crippen LogP) is -5.54. The molecular formula is C23H36N3Na2O10P. The van der Waals surface area contributed by atoms with Crippen LogP contribution in [-0.2, 0) is 29.8 Å². The molecule has 1 aromatic carbocycles. The van der Waals surface area contributed by atoms with Crippen molar-refractivity contribution in [2.24, 2.45) is 5.92 Å². The number of benzene rings is 1. The van der Waals surface area contributed by atoms with Gasteiger partial charge in [-0.1, -0.05) is 32.0 Å². The van der Waals surface area contributed by atoms with Crippen molar-refractivity contribution in [1.82, 2.24) is 15.4 Å². The van der Waals surface area contributed by atoms with Crippen LogP contribution in [0.3, 0.4) is 0 Å². The number of carbonyl (C=O) groups is 2. The molecule has 2 aromatic rings. The molecule has 1 aliphatic heterocycles. The van der Waals surface area contributed by atoms with Crippen molar-refractivity contribution in [1.29, 1.82) is 0 Å². The van der Waals surface area contributed by atoms with Gasteiger partial charge in [0, 0.05) is 23.5 Å². The Hall–Kier alpha value is -0.350. The zero-order chi connectivity index (χ0) is 27.5. The number of carbonyl (C=O) groups excluding carboxylic acids is 1. The van der Waals surface area contributed by atoms with Gasteiger partial charge in [-0.05, 0) is 30.9 Å². The van der Waals surface area contributed by atoms with E-state index < -0.39 is 62.4 Å². The number of ether oxygens (including phenoxy) is 1. The zero-order valence-corrected chi connectivity index (χ0v) is 27.5. The van der Waals surface area contributed by atoms with Crippen LogP contribution in [0, 0.1) is 5.92 Å². The van der Waals surface area contributed by atoms with Gasteiger partial charge in [-0.2, -0.15) is 0 Å². The van der Waals surface area contributed by atoms with E-state index in [1.807, 2.05) is 24.3 Å². The number of aromatic amines is 1. The van der Waals surface area contributed by atoms with Gasteiger partial charge in [-0.3, -0.25) is 9.32 Å². The van der Waals surface area contributed by atoms with E-state index in [0.717, 1.165) is 10.9 Å². The first-order chi connectivity index (χ1) is 17.3. The molecule has 1 saturated heterocycles. The molecule has 39 heavy (non-hydrogen) atoms. The van der Waals surface area contributed by atoms with Gasteiger partial charge in [0.1, 0.15) is 24.4 Å². The van der Waals surface area contributed by atoms with Crippen molar-refractivity contribution >= 4 is 30.5 Å². The summed E-state index contributed by atoms with van der Waals surface area (Å²) in [6.45, 7) is 4.90. The molecule has 3 rings (SSSR count). The molecule has 8 atom stereocenters. The summed E-state index contributed by atoms with van der Waals surface area (Å²) in [5, 5.41) is 45.0. The van der Waals surface area contributed by atoms with E-state index in [1.54, 1.807) is 20.0 Å². The summed E-state index contributed by atoms with van der Waals surface area (Å²) >= 11 is 0. The second kappa shape index (κ2) is 15.8. The minimum Gasteiger partial charge on any atom is -1.00 e. The van der Waals surface area contributed by atoms with Crippen LogP contribution in [0.1, 0.15) is 35.6 Å². The first-order valence-corrected chi connectivity index (χ1v) is 13.4. The summed E-state index contributed by atoms with van der Waals surface area (Å²) in [5.74, 6) is -2.27. The number of hydrogen-bond donors (Lipinski definition) is 8. The van der Waals surface area contributed by atoms with Crippen LogP contribution >= 0.6 is 7.75 Å². The summed E-state index contributed by atoms with van der Waals surface area (Å²) < 4.78 is 23.0. The van der Waals surface area contributed by atoms with Crippen LogP contribution < -0.4 is 69.5 Å². The number of aliphatic carboxylic acids is 1. The summed E-state index contributed by atoms with van der Waals surface area (Å²) in [4.78, 5) is 38.5. The van der Waals surface area contributed by atoms with Crippen molar-refractivity contribution < 1.29 is 111 Å². The predicted molar refractivity (Wildman–Crippen MR) is 133 cm³/mol. The Morgan fingerprint density at radius 2 is 1.77 bits per heavy atom. The van der Waals surface area contributed by atoms with Crippen LogP contribution in [0.15, 0.2) is 30.5 Å². The SMILES string of the molecule is CC(C)C[C@H](NP(=O)(O)O[C@@H]1O[C@@H](C)[C@H](O)[C@@H](O)[C@H]1O)C(=O)N[C@@H](Cc1c[nH]c2ccccc12)C(=O)O.[H-].[H-].[Na+].[Na+]. The largest absolute Gasteiger partial charge is 1.00 e. The molecule has 1 aliphatic rings. The summed E-state index contributed by atoms with van der Waals surface area (Å²) in [6, 6.07) is 4.63. The van der Waals surface area contributed by atoms with Gasteiger partial charge < -0.3 is 43.2 Å². The molecule has 13 nitrogen and oxygen atoms in total. The molecule has 0 bridgehead atoms. The number of carboxylic acids is 1. The molecule has 2 heterocycles. The number of aromatic nitrogens is 1. The van der Waals surface area contributed by atoms with Gasteiger partial charge in [0.05, 0.1) is 12.1 Å². The van der Waals surface area contributed by atoms with Crippen molar-refractivity contribution in [3.8, 4) is 0 Å². The minimum atomic E-state index is -4.83. The summed E-state index contributed by atoms with van der Waals surface area (Å²) in [6.07, 6.45) is -6.08. The molecule has 8 N–H and O–H groups in total. The molecule has 210 valence electrons. The van der Waals surface area contributed by atoms with Gasteiger partial charge in [0.2, 0.25) is 5.91 Å². The van der Waals surface area contributed by atoms with E-state index in [4.69, 9.17) is 9.26 Å². The van der Waals surface area contributed by atoms with Crippen LogP contribution in [-0.4, -0.2) is 85.0 Å². The summed E-state index contributed by atoms with van der Waals surface area (Å²) in [7, 11) is -4.83. The van der Waals surface area contributed by atoms with E-state index in [1.165, 1.54) is 6.92 Å². The molecule has 1 fully saturated rings. The number of fused-ring (bicyclic) bond motifs is 1. The Bertz CT molecular complexity index is 1160. The first-order valence-electron chi connectivity index (χ1n) is 11.9. The fourth-order valence-corrected chi connectivity index (χ4v) is 5.28. The van der Waals surface area contributed by atoms with Crippen LogP contribution in [0.2, 0.25) is 0 Å². The number of rotatable bonds is 11. The normalized spacial score (nSPS) is 26.1. The number of amides is 1. The Morgan fingerprint density at radius 1 is 1.13 bits per heavy atom. The topological polar surface area (TPSA) is 211 Å². The second-order valence-electron chi connectivity index (χ2n) is 9.58. The Morgan fingerprint density at radius 3 is 2.38 bits per heavy atom. The molecule has 1 aromatic heterocycles. The smallest absolute Gasteiger partial charge is 1.00 e. The molecule has 1 amide bonds. The minimum absolute atomic E-state index is 0. The Kier molecular flexibility index (Phi) is 14.8. The van der Waals surface area contributed by atoms with Gasteiger partial charge in [-0.15, -0.1) is 0 Å². The zero-order valence-electron chi connectivity index (χ0n) is 24.6. The van der Waals surface area contributed by atoms with E-state index in [-0.39, 0.29) is 80.7 Å². The van der Waals surface area contributed by atoms with Crippen LogP contribution in [0.4, 0.5) is 0 Å². The van der Waals surface area contributed by atoms with Gasteiger partial charge in [-0.25, -0.2) is 14.4 Å². The van der Waals surface area contributed by atoms with Gasteiger partial charge >= 0.3 is 72.8 Å². The van der Waals surface area contributed by atoms with E-state index in [9.17, 15) is 39.5 Å². The fourth-order valence-electron chi connectivity index (χ4n) is 4.15. The van der Waals surface area contributed by atoms with Crippen molar-refractivity contribution in [3.05, 3.63) is 36.0 Å². The van der Waals surface area contributed by atoms with Crippen molar-refractivity contribution in [3.63, 3.8) is 0 Å². The second-order valence-corrected chi connectivity index (χ2v) is 11.1. The quantitative estimate of drug-likeness (QED) is 0.0913. The third-order valence-corrected chi connectivity index (χ3v) is 7.24. The molecule has 1 unspecified atom stereocenters. The Balaban J connectivity index is 0. The third-order valence-electron chi connectivity index (χ3n) is 6.11. The third kappa shape index (κ3) is 9.86. The number of para-hydroxylation sites is 1. The number of hydrogen-bond acceptors (Lipinski definition) is 8. The molecule has 16 heteroatoms. The number of aliphatic hydroxyl groups is 3. The van der Waals surface area contributed by atoms with Crippen molar-refractivity contribution in [2.75, 3.05) is 0 Å². The summed E-state index contributed by atoms with van der Waals surface area (Å²) in [5.41, 5.74) is 1.48. The number of carboxylic acid groups (broad SMARTS) is 1. The molecule has 0 saturated carbocycles. The average Bonchev–Trinajstić information content (AvgIpc) is 3.22. The number of H-pyrrole nitrogens is 1. The van der Waals surface area contributed by atoms with Crippen LogP contribution in [0.25, 0.3) is 10.9 Å². The van der Waals surface area contributed by atoms with Crippen molar-refractivity contribution in [2.45, 2.75) is 76.4 Å². The number of aliphatic hydroxyl groups excluding tert-OH is 3. The van der Waals surface area contributed by atoms with E-state index in [0.29, 0.717) is 5.56 Å². The Labute approximate surface area is 273 Å². The van der Waals surface area contributed by atoms with E-state index >= 15 is 0 Å². The molecule has 0 radical (unpaired) electrons. The molecular weight excluding hydrogens is 555 g/mol. The van der Waals surface area contributed by atoms with Gasteiger partial charge in [0.25, 0.3) is 0 Å². The van der Waals surface area contributed by atoms with Crippen LogP contribution in [0.5, 0.6) is 0 Å². The monoisotopic (exact) mass is 591 g/mol. The standard InChI is InChI=1S/C23H34N3O10P.2Na.2H/c1-11(2)8-16(26-37(33,34)36-23-20(29)19(28)18(27)12(3)35-23)21(30)25-17(22(31)32)9-13-10-24-15-7-5-4-6-14(13)15;;;;/h4-7,10-12,16-20,23-24,27-29H,8-9H2,1-3H3,(H,25,30)(H,31,32)(H2,26,33,34);;;;/q;2*+1;2*-1/t12-,16-,17-,18-,19+,20+,23-;;;;/m0..../s1. The molecule has 0 spiro atoms.